The highest BCUT2D eigenvalue weighted by Crippen LogP contribution is 2.29. The van der Waals surface area contributed by atoms with Gasteiger partial charge < -0.3 is 10.2 Å². The van der Waals surface area contributed by atoms with Crippen molar-refractivity contribution in [3.63, 3.8) is 0 Å². The fourth-order valence-electron chi connectivity index (χ4n) is 2.61. The summed E-state index contributed by atoms with van der Waals surface area (Å²) in [5.74, 6) is -0.311. The van der Waals surface area contributed by atoms with E-state index >= 15 is 0 Å². The number of piperidine rings is 1. The molecule has 138 valence electrons. The molecular formula is C18H23F3N2O2. The van der Waals surface area contributed by atoms with E-state index in [2.05, 4.69) is 5.32 Å². The van der Waals surface area contributed by atoms with E-state index in [-0.39, 0.29) is 23.4 Å². The molecule has 1 N–H and O–H groups in total. The molecule has 2 amide bonds. The van der Waals surface area contributed by atoms with Crippen molar-refractivity contribution >= 4 is 11.8 Å². The highest BCUT2D eigenvalue weighted by atomic mass is 19.4. The van der Waals surface area contributed by atoms with E-state index in [0.717, 1.165) is 12.1 Å². The summed E-state index contributed by atoms with van der Waals surface area (Å²) in [7, 11) is 0. The van der Waals surface area contributed by atoms with Crippen LogP contribution in [0.1, 0.15) is 49.5 Å². The summed E-state index contributed by atoms with van der Waals surface area (Å²) in [6.45, 7) is 6.45. The molecule has 0 aliphatic carbocycles. The molecule has 1 aromatic rings. The van der Waals surface area contributed by atoms with Crippen molar-refractivity contribution in [1.82, 2.24) is 10.2 Å². The molecule has 0 bridgehead atoms. The number of hydrogen-bond donors (Lipinski definition) is 1. The predicted octanol–water partition coefficient (Wildman–Crippen LogP) is 3.47. The zero-order chi connectivity index (χ0) is 18.8. The molecule has 0 unspecified atom stereocenters. The van der Waals surface area contributed by atoms with Crippen LogP contribution in [0.4, 0.5) is 13.2 Å². The maximum atomic E-state index is 12.6. The third-order valence-corrected chi connectivity index (χ3v) is 4.26. The SMILES string of the molecule is CC(C)(C)C(=O)NC1CCN(C(=O)c2ccc(C(F)(F)F)cc2)CC1. The Morgan fingerprint density at radius 3 is 2.00 bits per heavy atom. The number of halogens is 3. The summed E-state index contributed by atoms with van der Waals surface area (Å²) in [4.78, 5) is 26.0. The van der Waals surface area contributed by atoms with Crippen LogP contribution in [-0.4, -0.2) is 35.8 Å². The van der Waals surface area contributed by atoms with Gasteiger partial charge in [0, 0.05) is 30.1 Å². The Labute approximate surface area is 145 Å². The van der Waals surface area contributed by atoms with E-state index in [9.17, 15) is 22.8 Å². The van der Waals surface area contributed by atoms with Gasteiger partial charge in [-0.3, -0.25) is 9.59 Å². The standard InChI is InChI=1S/C18H23F3N2O2/c1-17(2,3)16(25)22-14-8-10-23(11-9-14)15(24)12-4-6-13(7-5-12)18(19,20)21/h4-7,14H,8-11H2,1-3H3,(H,22,25). The Morgan fingerprint density at radius 1 is 1.04 bits per heavy atom. The number of nitrogens with one attached hydrogen (secondary N) is 1. The van der Waals surface area contributed by atoms with Crippen molar-refractivity contribution < 1.29 is 22.8 Å². The molecule has 1 fully saturated rings. The number of nitrogens with zero attached hydrogens (tertiary/aromatic N) is 1. The molecule has 1 saturated heterocycles. The van der Waals surface area contributed by atoms with E-state index < -0.39 is 17.2 Å². The Hall–Kier alpha value is -2.05. The molecule has 4 nitrogen and oxygen atoms in total. The van der Waals surface area contributed by atoms with E-state index in [1.54, 1.807) is 4.90 Å². The van der Waals surface area contributed by atoms with Gasteiger partial charge in [-0.05, 0) is 37.1 Å². The lowest BCUT2D eigenvalue weighted by molar-refractivity contribution is -0.137. The molecule has 1 aromatic carbocycles. The van der Waals surface area contributed by atoms with Crippen LogP contribution in [0.15, 0.2) is 24.3 Å². The largest absolute Gasteiger partial charge is 0.416 e. The first kappa shape index (κ1) is 19.3. The fourth-order valence-corrected chi connectivity index (χ4v) is 2.61. The van der Waals surface area contributed by atoms with Gasteiger partial charge in [0.1, 0.15) is 0 Å². The molecule has 7 heteroatoms. The summed E-state index contributed by atoms with van der Waals surface area (Å²) >= 11 is 0. The second-order valence-corrected chi connectivity index (χ2v) is 7.37. The second-order valence-electron chi connectivity index (χ2n) is 7.37. The van der Waals surface area contributed by atoms with E-state index in [1.807, 2.05) is 20.8 Å². The summed E-state index contributed by atoms with van der Waals surface area (Å²) < 4.78 is 37.7. The lowest BCUT2D eigenvalue weighted by Crippen LogP contribution is -2.49. The van der Waals surface area contributed by atoms with Crippen molar-refractivity contribution in [1.29, 1.82) is 0 Å². The molecule has 1 aliphatic rings. The van der Waals surface area contributed by atoms with Crippen LogP contribution >= 0.6 is 0 Å². The van der Waals surface area contributed by atoms with Gasteiger partial charge >= 0.3 is 6.18 Å². The monoisotopic (exact) mass is 356 g/mol. The minimum absolute atomic E-state index is 0.0170. The third-order valence-electron chi connectivity index (χ3n) is 4.26. The number of carbonyl (C=O) groups is 2. The maximum absolute atomic E-state index is 12.6. The van der Waals surface area contributed by atoms with E-state index in [0.29, 0.717) is 25.9 Å². The quantitative estimate of drug-likeness (QED) is 0.882. The Bertz CT molecular complexity index is 625. The van der Waals surface area contributed by atoms with Gasteiger partial charge in [0.25, 0.3) is 5.91 Å². The normalized spacial score (nSPS) is 16.6. The highest BCUT2D eigenvalue weighted by Gasteiger charge is 2.31. The molecule has 1 heterocycles. The number of benzene rings is 1. The number of hydrogen-bond acceptors (Lipinski definition) is 2. The van der Waals surface area contributed by atoms with Crippen LogP contribution in [0.25, 0.3) is 0 Å². The average molecular weight is 356 g/mol. The van der Waals surface area contributed by atoms with Crippen LogP contribution in [0.5, 0.6) is 0 Å². The number of alkyl halides is 3. The van der Waals surface area contributed by atoms with Crippen molar-refractivity contribution in [2.45, 2.75) is 45.8 Å². The molecule has 2 rings (SSSR count). The smallest absolute Gasteiger partial charge is 0.353 e. The zero-order valence-electron chi connectivity index (χ0n) is 14.6. The van der Waals surface area contributed by atoms with Gasteiger partial charge in [-0.15, -0.1) is 0 Å². The molecule has 0 atom stereocenters. The molecule has 0 spiro atoms. The number of amides is 2. The molecule has 1 aliphatic heterocycles. The van der Waals surface area contributed by atoms with Crippen LogP contribution in [0, 0.1) is 5.41 Å². The molecular weight excluding hydrogens is 333 g/mol. The number of rotatable bonds is 2. The van der Waals surface area contributed by atoms with Gasteiger partial charge in [0.2, 0.25) is 5.91 Å². The van der Waals surface area contributed by atoms with Crippen molar-refractivity contribution in [2.75, 3.05) is 13.1 Å². The zero-order valence-corrected chi connectivity index (χ0v) is 14.6. The summed E-state index contributed by atoms with van der Waals surface area (Å²) in [5, 5.41) is 2.98. The van der Waals surface area contributed by atoms with Crippen LogP contribution < -0.4 is 5.32 Å². The average Bonchev–Trinajstić information content (AvgIpc) is 2.53. The van der Waals surface area contributed by atoms with Gasteiger partial charge in [0.05, 0.1) is 5.56 Å². The first-order valence-corrected chi connectivity index (χ1v) is 8.26. The van der Waals surface area contributed by atoms with Gasteiger partial charge in [-0.1, -0.05) is 20.8 Å². The topological polar surface area (TPSA) is 49.4 Å². The van der Waals surface area contributed by atoms with Gasteiger partial charge in [0.15, 0.2) is 0 Å². The van der Waals surface area contributed by atoms with Crippen molar-refractivity contribution in [3.8, 4) is 0 Å². The van der Waals surface area contributed by atoms with Crippen LogP contribution in [0.2, 0.25) is 0 Å². The number of likely N-dealkylation sites (tertiary alicyclic amines) is 1. The Kier molecular flexibility index (Phi) is 5.44. The van der Waals surface area contributed by atoms with Crippen molar-refractivity contribution in [2.24, 2.45) is 5.41 Å². The summed E-state index contributed by atoms with van der Waals surface area (Å²) in [6, 6.07) is 4.27. The third kappa shape index (κ3) is 4.96. The fraction of sp³-hybridized carbons (Fsp3) is 0.556. The Balaban J connectivity index is 1.92. The van der Waals surface area contributed by atoms with E-state index in [4.69, 9.17) is 0 Å². The lowest BCUT2D eigenvalue weighted by atomic mass is 9.94. The minimum atomic E-state index is -4.41. The Morgan fingerprint density at radius 2 is 1.56 bits per heavy atom. The summed E-state index contributed by atoms with van der Waals surface area (Å²) in [6.07, 6.45) is -3.15. The molecule has 0 saturated carbocycles. The molecule has 0 aromatic heterocycles. The first-order chi connectivity index (χ1) is 11.5. The first-order valence-electron chi connectivity index (χ1n) is 8.26. The van der Waals surface area contributed by atoms with E-state index in [1.165, 1.54) is 12.1 Å². The predicted molar refractivity (Wildman–Crippen MR) is 88.0 cm³/mol. The second kappa shape index (κ2) is 7.06. The molecule has 0 radical (unpaired) electrons. The molecule has 25 heavy (non-hydrogen) atoms. The maximum Gasteiger partial charge on any atom is 0.416 e. The van der Waals surface area contributed by atoms with Gasteiger partial charge in [-0.2, -0.15) is 13.2 Å². The lowest BCUT2D eigenvalue weighted by Gasteiger charge is -2.33. The van der Waals surface area contributed by atoms with Crippen molar-refractivity contribution in [3.05, 3.63) is 35.4 Å². The highest BCUT2D eigenvalue weighted by molar-refractivity contribution is 5.94. The van der Waals surface area contributed by atoms with Gasteiger partial charge in [-0.25, -0.2) is 0 Å². The van der Waals surface area contributed by atoms with Crippen LogP contribution in [-0.2, 0) is 11.0 Å². The summed E-state index contributed by atoms with van der Waals surface area (Å²) in [5.41, 5.74) is -0.995. The number of carbonyl (C=O) groups excluding carboxylic acids is 2. The van der Waals surface area contributed by atoms with Crippen LogP contribution in [0.3, 0.4) is 0 Å². The minimum Gasteiger partial charge on any atom is -0.353 e.